The van der Waals surface area contributed by atoms with Gasteiger partial charge in [-0.3, -0.25) is 14.6 Å². The molecule has 0 aliphatic rings. The van der Waals surface area contributed by atoms with Crippen LogP contribution >= 0.6 is 11.8 Å². The number of anilines is 2. The van der Waals surface area contributed by atoms with Gasteiger partial charge in [-0.05, 0) is 60.7 Å². The number of carbonyl (C=O) groups excluding carboxylic acids is 2. The van der Waals surface area contributed by atoms with E-state index >= 15 is 0 Å². The summed E-state index contributed by atoms with van der Waals surface area (Å²) in [5, 5.41) is 14.5. The minimum absolute atomic E-state index is 0.158. The molecule has 2 amide bonds. The Labute approximate surface area is 193 Å². The van der Waals surface area contributed by atoms with Crippen LogP contribution in [-0.2, 0) is 11.8 Å². The van der Waals surface area contributed by atoms with Crippen molar-refractivity contribution in [2.24, 2.45) is 7.05 Å². The van der Waals surface area contributed by atoms with Gasteiger partial charge in [0.15, 0.2) is 11.0 Å². The van der Waals surface area contributed by atoms with Crippen molar-refractivity contribution in [1.82, 2.24) is 19.7 Å². The van der Waals surface area contributed by atoms with E-state index in [1.807, 2.05) is 23.7 Å². The molecule has 0 aliphatic carbocycles. The van der Waals surface area contributed by atoms with Crippen molar-refractivity contribution < 1.29 is 14.0 Å². The second-order valence-electron chi connectivity index (χ2n) is 6.98. The third-order valence-electron chi connectivity index (χ3n) is 4.64. The van der Waals surface area contributed by atoms with Crippen LogP contribution in [0.3, 0.4) is 0 Å². The summed E-state index contributed by atoms with van der Waals surface area (Å²) in [6.07, 6.45) is 3.37. The molecule has 2 aromatic carbocycles. The van der Waals surface area contributed by atoms with Crippen molar-refractivity contribution in [3.05, 3.63) is 84.4 Å². The maximum Gasteiger partial charge on any atom is 0.255 e. The number of pyridine rings is 1. The molecule has 33 heavy (non-hydrogen) atoms. The average molecular weight is 463 g/mol. The highest BCUT2D eigenvalue weighted by Gasteiger charge is 2.13. The number of hydrogen-bond donors (Lipinski definition) is 2. The Hall–Kier alpha value is -4.05. The van der Waals surface area contributed by atoms with Gasteiger partial charge in [-0.2, -0.15) is 0 Å². The molecule has 0 atom stereocenters. The first kappa shape index (κ1) is 22.2. The Morgan fingerprint density at radius 2 is 1.55 bits per heavy atom. The summed E-state index contributed by atoms with van der Waals surface area (Å²) in [6.45, 7) is 0. The van der Waals surface area contributed by atoms with Crippen molar-refractivity contribution in [1.29, 1.82) is 0 Å². The first-order valence-corrected chi connectivity index (χ1v) is 10.9. The van der Waals surface area contributed by atoms with E-state index in [-0.39, 0.29) is 17.6 Å². The lowest BCUT2D eigenvalue weighted by atomic mass is 10.2. The minimum Gasteiger partial charge on any atom is -0.325 e. The molecule has 0 bridgehead atoms. The van der Waals surface area contributed by atoms with E-state index in [9.17, 15) is 14.0 Å². The Bertz CT molecular complexity index is 1260. The number of carbonyl (C=O) groups is 2. The zero-order valence-electron chi connectivity index (χ0n) is 17.5. The van der Waals surface area contributed by atoms with Crippen molar-refractivity contribution >= 4 is 35.0 Å². The van der Waals surface area contributed by atoms with E-state index in [1.54, 1.807) is 36.7 Å². The smallest absolute Gasteiger partial charge is 0.255 e. The summed E-state index contributed by atoms with van der Waals surface area (Å²) in [5.74, 6) is -0.0999. The number of rotatable bonds is 7. The monoisotopic (exact) mass is 462 g/mol. The van der Waals surface area contributed by atoms with E-state index in [4.69, 9.17) is 0 Å². The van der Waals surface area contributed by atoms with Gasteiger partial charge in [-0.25, -0.2) is 4.39 Å². The quantitative estimate of drug-likeness (QED) is 0.403. The van der Waals surface area contributed by atoms with Gasteiger partial charge in [0, 0.05) is 41.9 Å². The molecule has 0 spiro atoms. The van der Waals surface area contributed by atoms with Crippen LogP contribution in [0.4, 0.5) is 15.8 Å². The highest BCUT2D eigenvalue weighted by Crippen LogP contribution is 2.22. The van der Waals surface area contributed by atoms with Gasteiger partial charge in [-0.1, -0.05) is 11.8 Å². The van der Waals surface area contributed by atoms with Crippen molar-refractivity contribution in [2.45, 2.75) is 5.16 Å². The Morgan fingerprint density at radius 1 is 0.909 bits per heavy atom. The number of thioether (sulfide) groups is 1. The Balaban J connectivity index is 1.30. The van der Waals surface area contributed by atoms with Gasteiger partial charge >= 0.3 is 0 Å². The fraction of sp³-hybridized carbons (Fsp3) is 0.0870. The number of hydrogen-bond acceptors (Lipinski definition) is 6. The number of benzene rings is 2. The first-order chi connectivity index (χ1) is 16.0. The van der Waals surface area contributed by atoms with Crippen LogP contribution in [0, 0.1) is 5.82 Å². The van der Waals surface area contributed by atoms with Crippen LogP contribution < -0.4 is 10.6 Å². The topological polar surface area (TPSA) is 102 Å². The summed E-state index contributed by atoms with van der Waals surface area (Å²) in [6, 6.07) is 15.7. The number of amides is 2. The molecule has 2 heterocycles. The lowest BCUT2D eigenvalue weighted by Crippen LogP contribution is -2.15. The fourth-order valence-electron chi connectivity index (χ4n) is 2.96. The van der Waals surface area contributed by atoms with E-state index in [2.05, 4.69) is 25.8 Å². The molecule has 8 nitrogen and oxygen atoms in total. The maximum absolute atomic E-state index is 13.0. The average Bonchev–Trinajstić information content (AvgIpc) is 3.20. The maximum atomic E-state index is 13.0. The van der Waals surface area contributed by atoms with Crippen LogP contribution in [-0.4, -0.2) is 37.3 Å². The van der Waals surface area contributed by atoms with Crippen LogP contribution in [0.15, 0.2) is 78.2 Å². The van der Waals surface area contributed by atoms with Gasteiger partial charge in [0.1, 0.15) is 5.82 Å². The molecule has 0 fully saturated rings. The van der Waals surface area contributed by atoms with Crippen LogP contribution in [0.5, 0.6) is 0 Å². The zero-order valence-corrected chi connectivity index (χ0v) is 18.3. The lowest BCUT2D eigenvalue weighted by Gasteiger charge is -2.08. The molecule has 2 N–H and O–H groups in total. The highest BCUT2D eigenvalue weighted by molar-refractivity contribution is 7.99. The Morgan fingerprint density at radius 3 is 2.21 bits per heavy atom. The minimum atomic E-state index is -0.404. The molecule has 2 aromatic heterocycles. The predicted molar refractivity (Wildman–Crippen MR) is 124 cm³/mol. The molecule has 0 saturated carbocycles. The van der Waals surface area contributed by atoms with Crippen molar-refractivity contribution in [3.63, 3.8) is 0 Å². The van der Waals surface area contributed by atoms with Gasteiger partial charge < -0.3 is 15.2 Å². The summed E-state index contributed by atoms with van der Waals surface area (Å²) < 4.78 is 14.8. The lowest BCUT2D eigenvalue weighted by molar-refractivity contribution is -0.113. The van der Waals surface area contributed by atoms with Crippen LogP contribution in [0.25, 0.3) is 11.4 Å². The molecule has 10 heteroatoms. The molecule has 0 unspecified atom stereocenters. The SMILES string of the molecule is Cn1c(SCC(=O)Nc2ccc(NC(=O)c3ccc(F)cc3)cc2)nnc1-c1ccncc1. The number of aromatic nitrogens is 4. The fourth-order valence-corrected chi connectivity index (χ4v) is 3.67. The molecular formula is C23H19FN6O2S. The molecule has 4 rings (SSSR count). The predicted octanol–water partition coefficient (Wildman–Crippen LogP) is 4.00. The third kappa shape index (κ3) is 5.60. The summed E-state index contributed by atoms with van der Waals surface area (Å²) >= 11 is 1.28. The second-order valence-corrected chi connectivity index (χ2v) is 7.92. The molecule has 0 aliphatic heterocycles. The number of nitrogens with one attached hydrogen (secondary N) is 2. The molecular weight excluding hydrogens is 443 g/mol. The van der Waals surface area contributed by atoms with Crippen LogP contribution in [0.2, 0.25) is 0 Å². The highest BCUT2D eigenvalue weighted by atomic mass is 32.2. The zero-order chi connectivity index (χ0) is 23.2. The molecule has 0 saturated heterocycles. The number of nitrogens with zero attached hydrogens (tertiary/aromatic N) is 4. The summed E-state index contributed by atoms with van der Waals surface area (Å²) in [7, 11) is 1.84. The van der Waals surface area contributed by atoms with E-state index in [1.165, 1.54) is 36.0 Å². The molecule has 0 radical (unpaired) electrons. The number of halogens is 1. The largest absolute Gasteiger partial charge is 0.325 e. The van der Waals surface area contributed by atoms with Gasteiger partial charge in [-0.15, -0.1) is 10.2 Å². The standard InChI is InChI=1S/C23H19FN6O2S/c1-30-21(15-10-12-25-13-11-15)28-29-23(30)33-14-20(31)26-18-6-8-19(9-7-18)27-22(32)16-2-4-17(24)5-3-16/h2-13H,14H2,1H3,(H,26,31)(H,27,32). The van der Waals surface area contributed by atoms with Crippen molar-refractivity contribution in [3.8, 4) is 11.4 Å². The van der Waals surface area contributed by atoms with E-state index in [0.717, 1.165) is 5.56 Å². The van der Waals surface area contributed by atoms with E-state index < -0.39 is 5.82 Å². The summed E-state index contributed by atoms with van der Waals surface area (Å²) in [4.78, 5) is 28.6. The van der Waals surface area contributed by atoms with E-state index in [0.29, 0.717) is 27.9 Å². The third-order valence-corrected chi connectivity index (χ3v) is 5.66. The Kier molecular flexibility index (Phi) is 6.75. The van der Waals surface area contributed by atoms with Crippen molar-refractivity contribution in [2.75, 3.05) is 16.4 Å². The molecule has 4 aromatic rings. The molecule has 166 valence electrons. The first-order valence-electron chi connectivity index (χ1n) is 9.89. The van der Waals surface area contributed by atoms with Gasteiger partial charge in [0.2, 0.25) is 5.91 Å². The van der Waals surface area contributed by atoms with Gasteiger partial charge in [0.25, 0.3) is 5.91 Å². The normalized spacial score (nSPS) is 10.6. The second kappa shape index (κ2) is 10.0. The van der Waals surface area contributed by atoms with Gasteiger partial charge in [0.05, 0.1) is 5.75 Å². The van der Waals surface area contributed by atoms with Crippen LogP contribution in [0.1, 0.15) is 10.4 Å². The summed E-state index contributed by atoms with van der Waals surface area (Å²) in [5.41, 5.74) is 2.39.